The molecule has 1 saturated heterocycles. The van der Waals surface area contributed by atoms with Crippen LogP contribution in [0.15, 0.2) is 18.3 Å². The number of nitrogens with two attached hydrogens (primary N) is 1. The Morgan fingerprint density at radius 1 is 1.61 bits per heavy atom. The molecule has 7 nitrogen and oxygen atoms in total. The Morgan fingerprint density at radius 2 is 2.44 bits per heavy atom. The second kappa shape index (κ2) is 5.46. The van der Waals surface area contributed by atoms with E-state index < -0.39 is 0 Å². The maximum Gasteiger partial charge on any atom is 0.255 e. The fraction of sp³-hybridized carbons (Fsp3) is 0.364. The summed E-state index contributed by atoms with van der Waals surface area (Å²) in [6.07, 6.45) is 2.81. The van der Waals surface area contributed by atoms with E-state index >= 15 is 0 Å². The summed E-state index contributed by atoms with van der Waals surface area (Å²) >= 11 is 0. The van der Waals surface area contributed by atoms with Gasteiger partial charge in [-0.2, -0.15) is 0 Å². The van der Waals surface area contributed by atoms with Crippen molar-refractivity contribution in [2.75, 3.05) is 12.0 Å². The summed E-state index contributed by atoms with van der Waals surface area (Å²) in [5.41, 5.74) is 2.75. The number of anilines is 1. The van der Waals surface area contributed by atoms with Gasteiger partial charge in [0.1, 0.15) is 0 Å². The molecule has 96 valence electrons. The molecule has 0 aromatic carbocycles. The molecule has 0 saturated carbocycles. The Labute approximate surface area is 104 Å². The van der Waals surface area contributed by atoms with E-state index in [0.717, 1.165) is 6.42 Å². The van der Waals surface area contributed by atoms with Crippen molar-refractivity contribution in [1.29, 1.82) is 0 Å². The lowest BCUT2D eigenvalue weighted by molar-refractivity contribution is -0.119. The van der Waals surface area contributed by atoms with E-state index in [1.807, 2.05) is 0 Å². The Kier molecular flexibility index (Phi) is 3.73. The third-order valence-corrected chi connectivity index (χ3v) is 2.78. The van der Waals surface area contributed by atoms with Gasteiger partial charge in [0.2, 0.25) is 5.91 Å². The molecule has 1 aromatic rings. The van der Waals surface area contributed by atoms with Gasteiger partial charge >= 0.3 is 0 Å². The molecule has 2 rings (SSSR count). The van der Waals surface area contributed by atoms with Crippen molar-refractivity contribution < 1.29 is 9.59 Å². The molecule has 0 spiro atoms. The van der Waals surface area contributed by atoms with Crippen molar-refractivity contribution in [3.8, 4) is 0 Å². The lowest BCUT2D eigenvalue weighted by atomic mass is 10.2. The van der Waals surface area contributed by atoms with Crippen LogP contribution in [0.4, 0.5) is 5.82 Å². The van der Waals surface area contributed by atoms with E-state index in [4.69, 9.17) is 5.84 Å². The molecule has 1 unspecified atom stereocenters. The molecule has 2 amide bonds. The number of nitrogens with zero attached hydrogens (tertiary/aromatic N) is 1. The Morgan fingerprint density at radius 3 is 3.11 bits per heavy atom. The average Bonchev–Trinajstić information content (AvgIpc) is 2.81. The van der Waals surface area contributed by atoms with Crippen LogP contribution in [-0.4, -0.2) is 29.4 Å². The summed E-state index contributed by atoms with van der Waals surface area (Å²) in [5, 5.41) is 5.53. The minimum absolute atomic E-state index is 0.00686. The number of nitrogens with one attached hydrogen (secondary N) is 3. The van der Waals surface area contributed by atoms with Crippen molar-refractivity contribution in [1.82, 2.24) is 15.6 Å². The number of carbonyl (C=O) groups excluding carboxylic acids is 2. The van der Waals surface area contributed by atoms with Gasteiger partial charge in [0.05, 0.1) is 5.56 Å². The summed E-state index contributed by atoms with van der Waals surface area (Å²) in [6, 6.07) is 3.30. The second-order valence-corrected chi connectivity index (χ2v) is 4.06. The number of pyridine rings is 1. The monoisotopic (exact) mass is 249 g/mol. The number of nitrogen functional groups attached to an aromatic ring is 1. The quantitative estimate of drug-likeness (QED) is 0.420. The largest absolute Gasteiger partial charge is 0.352 e. The number of carbonyl (C=O) groups is 2. The molecule has 1 aliphatic heterocycles. The molecule has 1 aliphatic rings. The Bertz CT molecular complexity index is 463. The molecule has 2 heterocycles. The molecule has 1 fully saturated rings. The van der Waals surface area contributed by atoms with Gasteiger partial charge in [0.25, 0.3) is 5.91 Å². The van der Waals surface area contributed by atoms with Gasteiger partial charge in [-0.1, -0.05) is 0 Å². The predicted molar refractivity (Wildman–Crippen MR) is 65.5 cm³/mol. The standard InChI is InChI=1S/C11H15N5O2/c12-16-10-8(2-1-5-13-10)11(18)14-6-7-3-4-9(17)15-7/h1-2,5,7H,3-4,6,12H2,(H,13,16)(H,14,18)(H,15,17). The molecule has 0 bridgehead atoms. The van der Waals surface area contributed by atoms with E-state index in [0.29, 0.717) is 24.3 Å². The molecular weight excluding hydrogens is 234 g/mol. The van der Waals surface area contributed by atoms with Gasteiger partial charge in [-0.3, -0.25) is 9.59 Å². The highest BCUT2D eigenvalue weighted by molar-refractivity contribution is 5.98. The first-order chi connectivity index (χ1) is 8.70. The molecular formula is C11H15N5O2. The van der Waals surface area contributed by atoms with Crippen LogP contribution in [0, 0.1) is 0 Å². The molecule has 18 heavy (non-hydrogen) atoms. The molecule has 1 aromatic heterocycles. The maximum absolute atomic E-state index is 11.9. The number of hydrogen-bond acceptors (Lipinski definition) is 5. The van der Waals surface area contributed by atoms with E-state index in [1.165, 1.54) is 0 Å². The SMILES string of the molecule is NNc1ncccc1C(=O)NCC1CCC(=O)N1. The van der Waals surface area contributed by atoms with Crippen LogP contribution < -0.4 is 21.9 Å². The third-order valence-electron chi connectivity index (χ3n) is 2.78. The van der Waals surface area contributed by atoms with Crippen LogP contribution in [0.5, 0.6) is 0 Å². The topological polar surface area (TPSA) is 109 Å². The first kappa shape index (κ1) is 12.3. The van der Waals surface area contributed by atoms with Gasteiger partial charge < -0.3 is 16.1 Å². The summed E-state index contributed by atoms with van der Waals surface area (Å²) in [7, 11) is 0. The number of hydrogen-bond donors (Lipinski definition) is 4. The van der Waals surface area contributed by atoms with Gasteiger partial charge in [-0.15, -0.1) is 0 Å². The van der Waals surface area contributed by atoms with Crippen molar-refractivity contribution in [3.63, 3.8) is 0 Å². The van der Waals surface area contributed by atoms with Gasteiger partial charge in [0.15, 0.2) is 5.82 Å². The first-order valence-electron chi connectivity index (χ1n) is 5.70. The summed E-state index contributed by atoms with van der Waals surface area (Å²) in [4.78, 5) is 26.9. The second-order valence-electron chi connectivity index (χ2n) is 4.06. The normalized spacial score (nSPS) is 18.3. The van der Waals surface area contributed by atoms with E-state index in [2.05, 4.69) is 21.0 Å². The van der Waals surface area contributed by atoms with Crippen molar-refractivity contribution in [2.45, 2.75) is 18.9 Å². The molecule has 0 aliphatic carbocycles. The fourth-order valence-corrected chi connectivity index (χ4v) is 1.85. The van der Waals surface area contributed by atoms with Crippen LogP contribution in [0.3, 0.4) is 0 Å². The highest BCUT2D eigenvalue weighted by atomic mass is 16.2. The van der Waals surface area contributed by atoms with Gasteiger partial charge in [0, 0.05) is 25.2 Å². The predicted octanol–water partition coefficient (Wildman–Crippen LogP) is -0.624. The molecule has 5 N–H and O–H groups in total. The van der Waals surface area contributed by atoms with Crippen molar-refractivity contribution >= 4 is 17.6 Å². The Hall–Kier alpha value is -2.15. The smallest absolute Gasteiger partial charge is 0.255 e. The fourth-order valence-electron chi connectivity index (χ4n) is 1.85. The van der Waals surface area contributed by atoms with Crippen molar-refractivity contribution in [3.05, 3.63) is 23.9 Å². The van der Waals surface area contributed by atoms with E-state index in [1.54, 1.807) is 18.3 Å². The number of amides is 2. The summed E-state index contributed by atoms with van der Waals surface area (Å²) in [6.45, 7) is 0.406. The Balaban J connectivity index is 1.93. The number of hydrazine groups is 1. The number of aromatic nitrogens is 1. The lowest BCUT2D eigenvalue weighted by Gasteiger charge is -2.12. The highest BCUT2D eigenvalue weighted by Crippen LogP contribution is 2.10. The zero-order chi connectivity index (χ0) is 13.0. The third kappa shape index (κ3) is 2.75. The van der Waals surface area contributed by atoms with E-state index in [-0.39, 0.29) is 17.9 Å². The average molecular weight is 249 g/mol. The van der Waals surface area contributed by atoms with Crippen molar-refractivity contribution in [2.24, 2.45) is 5.84 Å². The molecule has 0 radical (unpaired) electrons. The maximum atomic E-state index is 11.9. The number of rotatable bonds is 4. The summed E-state index contributed by atoms with van der Waals surface area (Å²) < 4.78 is 0. The zero-order valence-electron chi connectivity index (χ0n) is 9.77. The van der Waals surface area contributed by atoms with Crippen LogP contribution in [0.1, 0.15) is 23.2 Å². The van der Waals surface area contributed by atoms with Crippen LogP contribution in [0.25, 0.3) is 0 Å². The minimum Gasteiger partial charge on any atom is -0.352 e. The van der Waals surface area contributed by atoms with Gasteiger partial charge in [-0.05, 0) is 18.6 Å². The summed E-state index contributed by atoms with van der Waals surface area (Å²) in [5.74, 6) is 5.36. The zero-order valence-corrected chi connectivity index (χ0v) is 9.77. The minimum atomic E-state index is -0.266. The van der Waals surface area contributed by atoms with Crippen LogP contribution in [-0.2, 0) is 4.79 Å². The van der Waals surface area contributed by atoms with Crippen LogP contribution in [0.2, 0.25) is 0 Å². The van der Waals surface area contributed by atoms with E-state index in [9.17, 15) is 9.59 Å². The first-order valence-corrected chi connectivity index (χ1v) is 5.70. The van der Waals surface area contributed by atoms with Gasteiger partial charge in [-0.25, -0.2) is 10.8 Å². The van der Waals surface area contributed by atoms with Crippen LogP contribution >= 0.6 is 0 Å². The highest BCUT2D eigenvalue weighted by Gasteiger charge is 2.21. The molecule has 1 atom stereocenters. The molecule has 7 heteroatoms. The lowest BCUT2D eigenvalue weighted by Crippen LogP contribution is -2.38.